The summed E-state index contributed by atoms with van der Waals surface area (Å²) in [5, 5.41) is 4.32. The van der Waals surface area contributed by atoms with E-state index in [4.69, 9.17) is 0 Å². The maximum Gasteiger partial charge on any atom is 0.148 e. The SMILES string of the molecule is CN(C)C1CCCN(Cc2cnn(-c3ccccc3F)c2)CC1. The molecule has 23 heavy (non-hydrogen) atoms. The molecule has 0 saturated carbocycles. The van der Waals surface area contributed by atoms with Crippen LogP contribution in [0.4, 0.5) is 4.39 Å². The summed E-state index contributed by atoms with van der Waals surface area (Å²) in [6.45, 7) is 3.11. The van der Waals surface area contributed by atoms with Gasteiger partial charge < -0.3 is 4.90 Å². The Hall–Kier alpha value is -1.72. The third-order valence-corrected chi connectivity index (χ3v) is 4.66. The van der Waals surface area contributed by atoms with Crippen molar-refractivity contribution in [3.05, 3.63) is 48.0 Å². The van der Waals surface area contributed by atoms with Crippen molar-refractivity contribution >= 4 is 0 Å². The summed E-state index contributed by atoms with van der Waals surface area (Å²) in [7, 11) is 4.33. The highest BCUT2D eigenvalue weighted by Gasteiger charge is 2.19. The van der Waals surface area contributed by atoms with Crippen LogP contribution in [0.25, 0.3) is 5.69 Å². The Morgan fingerprint density at radius 3 is 2.83 bits per heavy atom. The smallest absolute Gasteiger partial charge is 0.148 e. The third-order valence-electron chi connectivity index (χ3n) is 4.66. The second-order valence-electron chi connectivity index (χ2n) is 6.57. The highest BCUT2D eigenvalue weighted by Crippen LogP contribution is 2.18. The lowest BCUT2D eigenvalue weighted by molar-refractivity contribution is 0.245. The Kier molecular flexibility index (Phi) is 5.08. The monoisotopic (exact) mass is 316 g/mol. The van der Waals surface area contributed by atoms with Crippen LogP contribution in [0.5, 0.6) is 0 Å². The zero-order valence-corrected chi connectivity index (χ0v) is 14.0. The molecule has 0 aliphatic carbocycles. The number of rotatable bonds is 4. The van der Waals surface area contributed by atoms with Gasteiger partial charge in [0.2, 0.25) is 0 Å². The summed E-state index contributed by atoms with van der Waals surface area (Å²) in [4.78, 5) is 4.81. The van der Waals surface area contributed by atoms with E-state index in [-0.39, 0.29) is 5.82 Å². The molecule has 1 saturated heterocycles. The van der Waals surface area contributed by atoms with Gasteiger partial charge in [-0.25, -0.2) is 9.07 Å². The highest BCUT2D eigenvalue weighted by atomic mass is 19.1. The van der Waals surface area contributed by atoms with Crippen LogP contribution in [0.15, 0.2) is 36.7 Å². The molecule has 1 aromatic carbocycles. The van der Waals surface area contributed by atoms with Crippen molar-refractivity contribution < 1.29 is 4.39 Å². The Morgan fingerprint density at radius 2 is 2.04 bits per heavy atom. The molecule has 1 unspecified atom stereocenters. The summed E-state index contributed by atoms with van der Waals surface area (Å²) < 4.78 is 15.5. The first kappa shape index (κ1) is 16.1. The molecule has 5 heteroatoms. The van der Waals surface area contributed by atoms with Gasteiger partial charge in [0.05, 0.1) is 6.20 Å². The summed E-state index contributed by atoms with van der Waals surface area (Å²) in [5.74, 6) is -0.245. The molecule has 4 nitrogen and oxygen atoms in total. The van der Waals surface area contributed by atoms with Gasteiger partial charge in [-0.2, -0.15) is 5.10 Å². The zero-order valence-electron chi connectivity index (χ0n) is 14.0. The van der Waals surface area contributed by atoms with Crippen molar-refractivity contribution in [2.24, 2.45) is 0 Å². The Bertz CT molecular complexity index is 637. The lowest BCUT2D eigenvalue weighted by Crippen LogP contribution is -2.29. The number of nitrogens with zero attached hydrogens (tertiary/aromatic N) is 4. The van der Waals surface area contributed by atoms with E-state index >= 15 is 0 Å². The second kappa shape index (κ2) is 7.23. The number of halogens is 1. The van der Waals surface area contributed by atoms with Gasteiger partial charge >= 0.3 is 0 Å². The molecule has 0 amide bonds. The van der Waals surface area contributed by atoms with Gasteiger partial charge in [0.1, 0.15) is 11.5 Å². The molecule has 1 aliphatic heterocycles. The molecule has 0 N–H and O–H groups in total. The zero-order chi connectivity index (χ0) is 16.2. The lowest BCUT2D eigenvalue weighted by Gasteiger charge is -2.23. The van der Waals surface area contributed by atoms with Gasteiger partial charge in [-0.3, -0.25) is 4.90 Å². The van der Waals surface area contributed by atoms with Crippen LogP contribution in [0.1, 0.15) is 24.8 Å². The molecule has 3 rings (SSSR count). The first-order chi connectivity index (χ1) is 11.1. The highest BCUT2D eigenvalue weighted by molar-refractivity contribution is 5.32. The largest absolute Gasteiger partial charge is 0.306 e. The first-order valence-corrected chi connectivity index (χ1v) is 8.31. The number of hydrogen-bond donors (Lipinski definition) is 0. The predicted molar refractivity (Wildman–Crippen MR) is 90.1 cm³/mol. The lowest BCUT2D eigenvalue weighted by atomic mass is 10.1. The van der Waals surface area contributed by atoms with E-state index in [0.717, 1.165) is 25.2 Å². The molecule has 2 heterocycles. The van der Waals surface area contributed by atoms with Crippen molar-refractivity contribution in [1.29, 1.82) is 0 Å². The third kappa shape index (κ3) is 3.98. The minimum absolute atomic E-state index is 0.245. The number of likely N-dealkylation sites (tertiary alicyclic amines) is 1. The van der Waals surface area contributed by atoms with Crippen LogP contribution in [0.3, 0.4) is 0 Å². The maximum absolute atomic E-state index is 13.8. The second-order valence-corrected chi connectivity index (χ2v) is 6.57. The van der Waals surface area contributed by atoms with Crippen molar-refractivity contribution in [2.45, 2.75) is 31.8 Å². The summed E-state index contributed by atoms with van der Waals surface area (Å²) in [5.41, 5.74) is 1.64. The van der Waals surface area contributed by atoms with Gasteiger partial charge in [0.15, 0.2) is 0 Å². The van der Waals surface area contributed by atoms with Crippen LogP contribution < -0.4 is 0 Å². The Morgan fingerprint density at radius 1 is 1.22 bits per heavy atom. The number of benzene rings is 1. The molecule has 124 valence electrons. The molecule has 1 fully saturated rings. The Labute approximate surface area is 137 Å². The molecular formula is C18H25FN4. The molecule has 2 aromatic rings. The summed E-state index contributed by atoms with van der Waals surface area (Å²) in [6, 6.07) is 7.42. The average molecular weight is 316 g/mol. The van der Waals surface area contributed by atoms with E-state index in [1.807, 2.05) is 18.5 Å². The fraction of sp³-hybridized carbons (Fsp3) is 0.500. The predicted octanol–water partition coefficient (Wildman–Crippen LogP) is 2.93. The molecule has 1 aromatic heterocycles. The fourth-order valence-electron chi connectivity index (χ4n) is 3.28. The van der Waals surface area contributed by atoms with Crippen LogP contribution in [0, 0.1) is 5.82 Å². The van der Waals surface area contributed by atoms with Crippen LogP contribution in [0.2, 0.25) is 0 Å². The average Bonchev–Trinajstić information content (AvgIpc) is 2.85. The molecule has 0 bridgehead atoms. The number of aromatic nitrogens is 2. The van der Waals surface area contributed by atoms with E-state index in [1.54, 1.807) is 16.8 Å². The molecule has 0 spiro atoms. The molecule has 1 atom stereocenters. The molecular weight excluding hydrogens is 291 g/mol. The standard InChI is InChI=1S/C18H25FN4/c1-21(2)16-6-5-10-22(11-9-16)13-15-12-20-23(14-15)18-8-4-3-7-17(18)19/h3-4,7-8,12,14,16H,5-6,9-11,13H2,1-2H3. The van der Waals surface area contributed by atoms with Crippen molar-refractivity contribution in [2.75, 3.05) is 27.2 Å². The van der Waals surface area contributed by atoms with Crippen LogP contribution in [-0.2, 0) is 6.54 Å². The topological polar surface area (TPSA) is 24.3 Å². The normalized spacial score (nSPS) is 19.9. The van der Waals surface area contributed by atoms with E-state index in [1.165, 1.54) is 25.3 Å². The van der Waals surface area contributed by atoms with Crippen molar-refractivity contribution in [3.63, 3.8) is 0 Å². The van der Waals surface area contributed by atoms with Crippen LogP contribution >= 0.6 is 0 Å². The van der Waals surface area contributed by atoms with Gasteiger partial charge in [-0.05, 0) is 58.6 Å². The van der Waals surface area contributed by atoms with Crippen molar-refractivity contribution in [3.8, 4) is 5.69 Å². The minimum atomic E-state index is -0.245. The van der Waals surface area contributed by atoms with E-state index in [0.29, 0.717) is 11.7 Å². The van der Waals surface area contributed by atoms with E-state index in [2.05, 4.69) is 29.0 Å². The van der Waals surface area contributed by atoms with Gasteiger partial charge in [0, 0.05) is 24.3 Å². The quantitative estimate of drug-likeness (QED) is 0.867. The van der Waals surface area contributed by atoms with Crippen molar-refractivity contribution in [1.82, 2.24) is 19.6 Å². The Balaban J connectivity index is 1.64. The van der Waals surface area contributed by atoms with Gasteiger partial charge in [-0.15, -0.1) is 0 Å². The maximum atomic E-state index is 13.8. The first-order valence-electron chi connectivity index (χ1n) is 8.31. The molecule has 0 radical (unpaired) electrons. The summed E-state index contributed by atoms with van der Waals surface area (Å²) in [6.07, 6.45) is 7.48. The fourth-order valence-corrected chi connectivity index (χ4v) is 3.28. The minimum Gasteiger partial charge on any atom is -0.306 e. The van der Waals surface area contributed by atoms with Crippen LogP contribution in [-0.4, -0.2) is 52.8 Å². The number of para-hydroxylation sites is 1. The van der Waals surface area contributed by atoms with E-state index in [9.17, 15) is 4.39 Å². The summed E-state index contributed by atoms with van der Waals surface area (Å²) >= 11 is 0. The van der Waals surface area contributed by atoms with E-state index < -0.39 is 0 Å². The van der Waals surface area contributed by atoms with Gasteiger partial charge in [-0.1, -0.05) is 12.1 Å². The molecule has 1 aliphatic rings. The van der Waals surface area contributed by atoms with Gasteiger partial charge in [0.25, 0.3) is 0 Å². The number of hydrogen-bond acceptors (Lipinski definition) is 3.